The number of nitrogens with one attached hydrogen (secondary N) is 1. The molecule has 1 atom stereocenters. The molecule has 18 heavy (non-hydrogen) atoms. The first-order valence-electron chi connectivity index (χ1n) is 6.50. The highest BCUT2D eigenvalue weighted by Crippen LogP contribution is 2.20. The highest BCUT2D eigenvalue weighted by atomic mass is 16.5. The lowest BCUT2D eigenvalue weighted by molar-refractivity contribution is 0.131. The van der Waals surface area contributed by atoms with Crippen LogP contribution in [0.5, 0.6) is 0 Å². The number of nitrogens with zero attached hydrogens (tertiary/aromatic N) is 1. The Balaban J connectivity index is 1.96. The Kier molecular flexibility index (Phi) is 3.26. The fourth-order valence-corrected chi connectivity index (χ4v) is 2.38. The van der Waals surface area contributed by atoms with Crippen molar-refractivity contribution in [3.63, 3.8) is 0 Å². The Bertz CT molecular complexity index is 545. The van der Waals surface area contributed by atoms with E-state index in [0.717, 1.165) is 31.7 Å². The molecule has 0 bridgehead atoms. The molecule has 1 aromatic heterocycles. The minimum absolute atomic E-state index is 0.268. The van der Waals surface area contributed by atoms with Gasteiger partial charge in [0.25, 0.3) is 0 Å². The number of ether oxygens (including phenoxy) is 1. The standard InChI is InChI=1S/C15H18N2O/c1-11-3-4-14-12(7-11)8-13(9-17-14)15-10-18-6-2-5-16-15/h3-4,7-9,15-16H,2,5-6,10H2,1H3. The average molecular weight is 242 g/mol. The third-order valence-corrected chi connectivity index (χ3v) is 3.40. The van der Waals surface area contributed by atoms with Gasteiger partial charge in [-0.1, -0.05) is 11.6 Å². The number of hydrogen-bond acceptors (Lipinski definition) is 3. The summed E-state index contributed by atoms with van der Waals surface area (Å²) < 4.78 is 5.61. The van der Waals surface area contributed by atoms with Crippen molar-refractivity contribution in [2.45, 2.75) is 19.4 Å². The summed E-state index contributed by atoms with van der Waals surface area (Å²) in [5.41, 5.74) is 3.54. The molecule has 1 aliphatic rings. The molecule has 1 aliphatic heterocycles. The zero-order valence-electron chi connectivity index (χ0n) is 10.6. The lowest BCUT2D eigenvalue weighted by Crippen LogP contribution is -2.23. The smallest absolute Gasteiger partial charge is 0.0702 e. The highest BCUT2D eigenvalue weighted by Gasteiger charge is 2.14. The van der Waals surface area contributed by atoms with E-state index in [1.54, 1.807) is 0 Å². The molecule has 1 unspecified atom stereocenters. The topological polar surface area (TPSA) is 34.1 Å². The van der Waals surface area contributed by atoms with Crippen LogP contribution in [0, 0.1) is 6.92 Å². The number of pyridine rings is 1. The van der Waals surface area contributed by atoms with E-state index in [9.17, 15) is 0 Å². The van der Waals surface area contributed by atoms with Crippen LogP contribution in [0.25, 0.3) is 10.9 Å². The molecule has 0 spiro atoms. The van der Waals surface area contributed by atoms with E-state index in [4.69, 9.17) is 4.74 Å². The molecule has 1 aromatic carbocycles. The van der Waals surface area contributed by atoms with Crippen LogP contribution < -0.4 is 5.32 Å². The third-order valence-electron chi connectivity index (χ3n) is 3.40. The van der Waals surface area contributed by atoms with Crippen LogP contribution >= 0.6 is 0 Å². The molecular weight excluding hydrogens is 224 g/mol. The number of rotatable bonds is 1. The minimum Gasteiger partial charge on any atom is -0.379 e. The van der Waals surface area contributed by atoms with Gasteiger partial charge in [0, 0.05) is 18.2 Å². The SMILES string of the molecule is Cc1ccc2ncc(C3COCCCN3)cc2c1. The van der Waals surface area contributed by atoms with E-state index in [-0.39, 0.29) is 6.04 Å². The van der Waals surface area contributed by atoms with Gasteiger partial charge in [-0.2, -0.15) is 0 Å². The van der Waals surface area contributed by atoms with Crippen LogP contribution in [0.4, 0.5) is 0 Å². The second-order valence-electron chi connectivity index (χ2n) is 4.90. The molecule has 3 heteroatoms. The van der Waals surface area contributed by atoms with Gasteiger partial charge < -0.3 is 10.1 Å². The van der Waals surface area contributed by atoms with Crippen LogP contribution in [0.2, 0.25) is 0 Å². The molecule has 0 saturated carbocycles. The zero-order valence-corrected chi connectivity index (χ0v) is 10.6. The predicted molar refractivity (Wildman–Crippen MR) is 72.7 cm³/mol. The number of hydrogen-bond donors (Lipinski definition) is 1. The molecule has 2 heterocycles. The average Bonchev–Trinajstić information content (AvgIpc) is 2.66. The van der Waals surface area contributed by atoms with Crippen molar-refractivity contribution in [1.82, 2.24) is 10.3 Å². The summed E-state index contributed by atoms with van der Waals surface area (Å²) in [4.78, 5) is 4.53. The van der Waals surface area contributed by atoms with Gasteiger partial charge in [-0.3, -0.25) is 4.98 Å². The molecule has 0 amide bonds. The quantitative estimate of drug-likeness (QED) is 0.834. The Labute approximate surface area is 107 Å². The van der Waals surface area contributed by atoms with Crippen molar-refractivity contribution in [2.24, 2.45) is 0 Å². The zero-order chi connectivity index (χ0) is 12.4. The van der Waals surface area contributed by atoms with Gasteiger partial charge in [0.2, 0.25) is 0 Å². The molecule has 94 valence electrons. The van der Waals surface area contributed by atoms with Gasteiger partial charge in [0.15, 0.2) is 0 Å². The van der Waals surface area contributed by atoms with E-state index in [1.807, 2.05) is 6.20 Å². The molecule has 1 N–H and O–H groups in total. The van der Waals surface area contributed by atoms with Crippen molar-refractivity contribution < 1.29 is 4.74 Å². The van der Waals surface area contributed by atoms with Gasteiger partial charge in [0.1, 0.15) is 0 Å². The van der Waals surface area contributed by atoms with Crippen molar-refractivity contribution in [2.75, 3.05) is 19.8 Å². The normalized spacial score (nSPS) is 20.8. The number of fused-ring (bicyclic) bond motifs is 1. The van der Waals surface area contributed by atoms with E-state index in [0.29, 0.717) is 0 Å². The fourth-order valence-electron chi connectivity index (χ4n) is 2.38. The molecular formula is C15H18N2O. The Morgan fingerprint density at radius 3 is 3.22 bits per heavy atom. The lowest BCUT2D eigenvalue weighted by Gasteiger charge is -2.15. The molecule has 3 nitrogen and oxygen atoms in total. The van der Waals surface area contributed by atoms with Crippen LogP contribution in [0.1, 0.15) is 23.6 Å². The van der Waals surface area contributed by atoms with Gasteiger partial charge in [0.05, 0.1) is 18.2 Å². The molecule has 2 aromatic rings. The van der Waals surface area contributed by atoms with E-state index < -0.39 is 0 Å². The molecule has 1 saturated heterocycles. The van der Waals surface area contributed by atoms with Gasteiger partial charge in [-0.25, -0.2) is 0 Å². The van der Waals surface area contributed by atoms with Gasteiger partial charge in [-0.05, 0) is 43.7 Å². The monoisotopic (exact) mass is 242 g/mol. The maximum atomic E-state index is 5.61. The fraction of sp³-hybridized carbons (Fsp3) is 0.400. The van der Waals surface area contributed by atoms with Crippen molar-refractivity contribution in [3.8, 4) is 0 Å². The molecule has 0 radical (unpaired) electrons. The van der Waals surface area contributed by atoms with Crippen LogP contribution in [-0.4, -0.2) is 24.7 Å². The first kappa shape index (κ1) is 11.6. The number of aromatic nitrogens is 1. The summed E-state index contributed by atoms with van der Waals surface area (Å²) in [6.07, 6.45) is 3.04. The van der Waals surface area contributed by atoms with Crippen molar-refractivity contribution in [3.05, 3.63) is 41.6 Å². The lowest BCUT2D eigenvalue weighted by atomic mass is 10.1. The Hall–Kier alpha value is -1.45. The van der Waals surface area contributed by atoms with Crippen LogP contribution in [0.15, 0.2) is 30.5 Å². The summed E-state index contributed by atoms with van der Waals surface area (Å²) in [6.45, 7) is 4.71. The summed E-state index contributed by atoms with van der Waals surface area (Å²) >= 11 is 0. The summed E-state index contributed by atoms with van der Waals surface area (Å²) in [6, 6.07) is 8.85. The van der Waals surface area contributed by atoms with Crippen LogP contribution in [0.3, 0.4) is 0 Å². The van der Waals surface area contributed by atoms with Crippen LogP contribution in [-0.2, 0) is 4.74 Å². The summed E-state index contributed by atoms with van der Waals surface area (Å²) in [7, 11) is 0. The second-order valence-corrected chi connectivity index (χ2v) is 4.90. The summed E-state index contributed by atoms with van der Waals surface area (Å²) in [5, 5.41) is 4.72. The predicted octanol–water partition coefficient (Wildman–Crippen LogP) is 2.59. The summed E-state index contributed by atoms with van der Waals surface area (Å²) in [5.74, 6) is 0. The van der Waals surface area contributed by atoms with E-state index >= 15 is 0 Å². The van der Waals surface area contributed by atoms with Crippen molar-refractivity contribution in [1.29, 1.82) is 0 Å². The van der Waals surface area contributed by atoms with Crippen molar-refractivity contribution >= 4 is 10.9 Å². The first-order valence-corrected chi connectivity index (χ1v) is 6.50. The Morgan fingerprint density at radius 2 is 2.28 bits per heavy atom. The molecule has 0 aliphatic carbocycles. The molecule has 1 fully saturated rings. The van der Waals surface area contributed by atoms with Gasteiger partial charge >= 0.3 is 0 Å². The Morgan fingerprint density at radius 1 is 1.33 bits per heavy atom. The maximum Gasteiger partial charge on any atom is 0.0702 e. The third kappa shape index (κ3) is 2.37. The van der Waals surface area contributed by atoms with E-state index in [1.165, 1.54) is 16.5 Å². The second kappa shape index (κ2) is 5.04. The number of aryl methyl sites for hydroxylation is 1. The molecule has 3 rings (SSSR count). The minimum atomic E-state index is 0.268. The largest absolute Gasteiger partial charge is 0.379 e. The van der Waals surface area contributed by atoms with Gasteiger partial charge in [-0.15, -0.1) is 0 Å². The first-order chi connectivity index (χ1) is 8.83. The van der Waals surface area contributed by atoms with E-state index in [2.05, 4.69) is 41.5 Å². The number of benzene rings is 1. The highest BCUT2D eigenvalue weighted by molar-refractivity contribution is 5.79. The maximum absolute atomic E-state index is 5.61.